The molecule has 1 saturated heterocycles. The zero-order valence-electron chi connectivity index (χ0n) is 15.5. The fourth-order valence-corrected chi connectivity index (χ4v) is 4.35. The summed E-state index contributed by atoms with van der Waals surface area (Å²) in [6, 6.07) is 4.00. The van der Waals surface area contributed by atoms with Crippen LogP contribution in [0.15, 0.2) is 12.1 Å². The van der Waals surface area contributed by atoms with Crippen molar-refractivity contribution in [2.24, 2.45) is 5.14 Å². The van der Waals surface area contributed by atoms with Gasteiger partial charge < -0.3 is 14.2 Å². The summed E-state index contributed by atoms with van der Waals surface area (Å²) in [6.07, 6.45) is 3.13. The van der Waals surface area contributed by atoms with Gasteiger partial charge in [-0.15, -0.1) is 0 Å². The third-order valence-electron chi connectivity index (χ3n) is 5.21. The van der Waals surface area contributed by atoms with Crippen LogP contribution in [-0.2, 0) is 38.4 Å². The Balaban J connectivity index is 1.84. The Bertz CT molecular complexity index is 661. The van der Waals surface area contributed by atoms with Crippen LogP contribution in [-0.4, -0.2) is 28.5 Å². The van der Waals surface area contributed by atoms with Crippen molar-refractivity contribution in [2.75, 3.05) is 13.2 Å². The van der Waals surface area contributed by atoms with E-state index in [-0.39, 0.29) is 12.2 Å². The molecule has 7 heteroatoms. The van der Waals surface area contributed by atoms with Crippen molar-refractivity contribution < 1.29 is 18.4 Å². The number of rotatable bonds is 7. The van der Waals surface area contributed by atoms with E-state index < -0.39 is 15.7 Å². The zero-order chi connectivity index (χ0) is 18.7. The molecule has 0 saturated carbocycles. The van der Waals surface area contributed by atoms with E-state index >= 15 is 0 Å². The highest BCUT2D eigenvalue weighted by molar-refractivity contribution is 7.84. The molecule has 1 unspecified atom stereocenters. The average molecular weight is 402 g/mol. The second-order valence-electron chi connectivity index (χ2n) is 7.69. The normalized spacial score (nSPS) is 20.8. The van der Waals surface area contributed by atoms with E-state index in [9.17, 15) is 4.21 Å². The van der Waals surface area contributed by atoms with Crippen molar-refractivity contribution in [3.63, 3.8) is 0 Å². The molecule has 1 fully saturated rings. The molecule has 2 atom stereocenters. The van der Waals surface area contributed by atoms with E-state index in [4.69, 9.17) is 31.0 Å². The summed E-state index contributed by atoms with van der Waals surface area (Å²) in [5, 5.41) is 6.46. The number of ether oxygens (including phenoxy) is 3. The first-order valence-electron chi connectivity index (χ1n) is 9.15. The first-order chi connectivity index (χ1) is 12.4. The topological polar surface area (TPSA) is 70.8 Å². The fourth-order valence-electron chi connectivity index (χ4n) is 3.73. The molecule has 0 bridgehead atoms. The van der Waals surface area contributed by atoms with Crippen LogP contribution in [0.5, 0.6) is 0 Å². The highest BCUT2D eigenvalue weighted by atomic mass is 35.5. The lowest BCUT2D eigenvalue weighted by Gasteiger charge is -2.31. The van der Waals surface area contributed by atoms with Crippen LogP contribution in [0.25, 0.3) is 0 Å². The molecule has 5 nitrogen and oxygen atoms in total. The minimum absolute atomic E-state index is 0.166. The van der Waals surface area contributed by atoms with Crippen LogP contribution in [0.3, 0.4) is 0 Å². The van der Waals surface area contributed by atoms with Crippen molar-refractivity contribution in [1.82, 2.24) is 0 Å². The summed E-state index contributed by atoms with van der Waals surface area (Å²) in [6.45, 7) is 6.58. The number of fused-ring (bicyclic) bond motifs is 1. The summed E-state index contributed by atoms with van der Waals surface area (Å²) in [5.74, 6) is 0.167. The minimum atomic E-state index is -1.41. The zero-order valence-corrected chi connectivity index (χ0v) is 17.0. The monoisotopic (exact) mass is 401 g/mol. The molecule has 3 rings (SSSR count). The largest absolute Gasteiger partial charge is 0.372 e. The molecule has 2 aliphatic heterocycles. The molecule has 1 aromatic rings. The van der Waals surface area contributed by atoms with E-state index in [1.54, 1.807) is 0 Å². The van der Waals surface area contributed by atoms with Crippen LogP contribution in [0.1, 0.15) is 62.1 Å². The van der Waals surface area contributed by atoms with Crippen LogP contribution in [0.4, 0.5) is 0 Å². The summed E-state index contributed by atoms with van der Waals surface area (Å²) >= 11 is 6.37. The molecular formula is C19H28ClNO4S. The molecule has 146 valence electrons. The summed E-state index contributed by atoms with van der Waals surface area (Å²) in [5.41, 5.74) is 3.54. The average Bonchev–Trinajstić information content (AvgIpc) is 3.07. The highest BCUT2D eigenvalue weighted by Gasteiger charge is 2.32. The Labute approximate surface area is 163 Å². The molecule has 26 heavy (non-hydrogen) atoms. The van der Waals surface area contributed by atoms with Gasteiger partial charge in [0, 0.05) is 5.02 Å². The Morgan fingerprint density at radius 1 is 1.31 bits per heavy atom. The molecule has 0 radical (unpaired) electrons. The maximum absolute atomic E-state index is 12.0. The van der Waals surface area contributed by atoms with Crippen molar-refractivity contribution in [3.8, 4) is 0 Å². The first-order valence-corrected chi connectivity index (χ1v) is 10.7. The smallest absolute Gasteiger partial charge is 0.157 e. The Morgan fingerprint density at radius 3 is 2.73 bits per heavy atom. The molecule has 0 amide bonds. The van der Waals surface area contributed by atoms with Gasteiger partial charge in [0.1, 0.15) is 0 Å². The molecule has 2 aliphatic rings. The predicted molar refractivity (Wildman–Crippen MR) is 103 cm³/mol. The number of benzene rings is 1. The van der Waals surface area contributed by atoms with Gasteiger partial charge in [0.15, 0.2) is 6.29 Å². The quantitative estimate of drug-likeness (QED) is 0.754. The van der Waals surface area contributed by atoms with Crippen molar-refractivity contribution >= 4 is 22.6 Å². The van der Waals surface area contributed by atoms with Crippen LogP contribution in [0.2, 0.25) is 5.02 Å². The maximum Gasteiger partial charge on any atom is 0.157 e. The molecule has 0 aromatic heterocycles. The standard InChI is InChI=1S/C19H28ClNO4S/c1-19(2,26(21)22)10-13(4-5-18-24-6-3-7-25-18)16-9-15(20)8-14-11-23-12-17(14)16/h8-9,13,18H,3-7,10-12,21H2,1-2H3/t13-,26?/m0/s1. The van der Waals surface area contributed by atoms with Gasteiger partial charge in [0.2, 0.25) is 0 Å². The predicted octanol–water partition coefficient (Wildman–Crippen LogP) is 3.79. The van der Waals surface area contributed by atoms with Crippen molar-refractivity contribution in [2.45, 2.75) is 69.7 Å². The second-order valence-corrected chi connectivity index (χ2v) is 9.82. The molecule has 2 N–H and O–H groups in total. The van der Waals surface area contributed by atoms with E-state index in [2.05, 4.69) is 0 Å². The fraction of sp³-hybridized carbons (Fsp3) is 0.684. The summed E-state index contributed by atoms with van der Waals surface area (Å²) in [4.78, 5) is 0. The summed E-state index contributed by atoms with van der Waals surface area (Å²) < 4.78 is 28.6. The highest BCUT2D eigenvalue weighted by Crippen LogP contribution is 2.39. The lowest BCUT2D eigenvalue weighted by molar-refractivity contribution is -0.182. The summed E-state index contributed by atoms with van der Waals surface area (Å²) in [7, 11) is -1.41. The van der Waals surface area contributed by atoms with Gasteiger partial charge >= 0.3 is 0 Å². The van der Waals surface area contributed by atoms with Gasteiger partial charge in [0.25, 0.3) is 0 Å². The Morgan fingerprint density at radius 2 is 2.04 bits per heavy atom. The molecular weight excluding hydrogens is 374 g/mol. The number of nitrogens with two attached hydrogens (primary N) is 1. The van der Waals surface area contributed by atoms with Crippen LogP contribution >= 0.6 is 11.6 Å². The van der Waals surface area contributed by atoms with Gasteiger partial charge in [-0.25, -0.2) is 4.21 Å². The molecule has 0 spiro atoms. The lowest BCUT2D eigenvalue weighted by Crippen LogP contribution is -2.34. The van der Waals surface area contributed by atoms with E-state index in [1.807, 2.05) is 26.0 Å². The third kappa shape index (κ3) is 4.86. The van der Waals surface area contributed by atoms with E-state index in [0.717, 1.165) is 38.0 Å². The molecule has 0 aliphatic carbocycles. The Kier molecular flexibility index (Phi) is 6.75. The van der Waals surface area contributed by atoms with Gasteiger partial charge in [-0.05, 0) is 74.3 Å². The molecule has 2 heterocycles. The number of hydrogen-bond acceptors (Lipinski definition) is 4. The number of halogens is 1. The minimum Gasteiger partial charge on any atom is -0.372 e. The second kappa shape index (κ2) is 8.67. The van der Waals surface area contributed by atoms with Gasteiger partial charge in [-0.3, -0.25) is 5.14 Å². The maximum atomic E-state index is 12.0. The van der Waals surface area contributed by atoms with Crippen LogP contribution in [0, 0.1) is 0 Å². The SMILES string of the molecule is CC(C)(C[C@H](CCC1OCCCO1)c1cc(Cl)cc2c1COC2)S(N)=O. The third-order valence-corrected chi connectivity index (χ3v) is 6.69. The van der Waals surface area contributed by atoms with Gasteiger partial charge in [0.05, 0.1) is 42.2 Å². The lowest BCUT2D eigenvalue weighted by atomic mass is 9.83. The van der Waals surface area contributed by atoms with Crippen molar-refractivity contribution in [3.05, 3.63) is 33.8 Å². The van der Waals surface area contributed by atoms with Gasteiger partial charge in [-0.1, -0.05) is 11.6 Å². The van der Waals surface area contributed by atoms with Crippen molar-refractivity contribution in [1.29, 1.82) is 0 Å². The number of hydrogen-bond donors (Lipinski definition) is 1. The first kappa shape index (κ1) is 20.2. The van der Waals surface area contributed by atoms with Crippen LogP contribution < -0.4 is 5.14 Å². The Hall–Kier alpha value is -0.500. The van der Waals surface area contributed by atoms with Gasteiger partial charge in [-0.2, -0.15) is 0 Å². The molecule has 1 aromatic carbocycles. The van der Waals surface area contributed by atoms with E-state index in [1.165, 1.54) is 11.1 Å². The van der Waals surface area contributed by atoms with E-state index in [0.29, 0.717) is 24.7 Å².